The third-order valence-corrected chi connectivity index (χ3v) is 7.38. The van der Waals surface area contributed by atoms with Crippen molar-refractivity contribution in [2.75, 3.05) is 32.1 Å². The molecular formula is C20H27N7OS. The maximum Gasteiger partial charge on any atom is 0.150 e. The zero-order valence-corrected chi connectivity index (χ0v) is 17.9. The van der Waals surface area contributed by atoms with Crippen LogP contribution in [0.1, 0.15) is 30.1 Å². The van der Waals surface area contributed by atoms with E-state index in [1.54, 1.807) is 17.7 Å². The Kier molecular flexibility index (Phi) is 4.76. The molecule has 2 aliphatic rings. The minimum atomic E-state index is -0.389. The molecule has 3 aromatic heterocycles. The summed E-state index contributed by atoms with van der Waals surface area (Å²) in [5, 5.41) is 21.6. The van der Waals surface area contributed by atoms with E-state index in [0.29, 0.717) is 11.8 Å². The van der Waals surface area contributed by atoms with Crippen LogP contribution in [-0.4, -0.2) is 68.3 Å². The molecule has 1 saturated carbocycles. The van der Waals surface area contributed by atoms with Crippen LogP contribution in [0.25, 0.3) is 10.2 Å². The van der Waals surface area contributed by atoms with E-state index in [-0.39, 0.29) is 12.1 Å². The topological polar surface area (TPSA) is 83.2 Å². The van der Waals surface area contributed by atoms with E-state index in [9.17, 15) is 5.11 Å². The van der Waals surface area contributed by atoms with E-state index in [4.69, 9.17) is 0 Å². The van der Waals surface area contributed by atoms with Crippen LogP contribution < -0.4 is 4.90 Å². The molecule has 4 atom stereocenters. The summed E-state index contributed by atoms with van der Waals surface area (Å²) in [6.45, 7) is 4.77. The van der Waals surface area contributed by atoms with Gasteiger partial charge in [-0.2, -0.15) is 0 Å². The molecule has 0 amide bonds. The van der Waals surface area contributed by atoms with Crippen molar-refractivity contribution in [1.29, 1.82) is 0 Å². The summed E-state index contributed by atoms with van der Waals surface area (Å²) in [6.07, 6.45) is 5.00. The average molecular weight is 414 g/mol. The van der Waals surface area contributed by atoms with E-state index in [0.717, 1.165) is 49.5 Å². The lowest BCUT2D eigenvalue weighted by Crippen LogP contribution is -2.36. The van der Waals surface area contributed by atoms with Crippen molar-refractivity contribution < 1.29 is 5.11 Å². The molecule has 4 heterocycles. The molecule has 5 rings (SSSR count). The third kappa shape index (κ3) is 3.41. The summed E-state index contributed by atoms with van der Waals surface area (Å²) in [5.41, 5.74) is 3.21. The Morgan fingerprint density at radius 2 is 2.00 bits per heavy atom. The standard InChI is InChI=1S/C20H27N7OS/c1-12-10-29-19-18(12)21-11-22-20(19)26-6-13-4-16(17(28)5-14(13)7-26)27-9-15(23-24-27)8-25(2)3/h9-11,13-14,16-17,28H,4-8H2,1-3H3/t13-,14+,16-,17-/m1/s1. The van der Waals surface area contributed by atoms with E-state index < -0.39 is 0 Å². The summed E-state index contributed by atoms with van der Waals surface area (Å²) >= 11 is 1.72. The largest absolute Gasteiger partial charge is 0.391 e. The van der Waals surface area contributed by atoms with Crippen LogP contribution in [-0.2, 0) is 6.54 Å². The van der Waals surface area contributed by atoms with Crippen LogP contribution in [0.15, 0.2) is 17.9 Å². The molecule has 0 bridgehead atoms. The first kappa shape index (κ1) is 18.9. The van der Waals surface area contributed by atoms with E-state index in [1.165, 1.54) is 10.3 Å². The minimum absolute atomic E-state index is 0.00554. The van der Waals surface area contributed by atoms with Crippen molar-refractivity contribution in [2.45, 2.75) is 38.5 Å². The molecule has 2 fully saturated rings. The molecule has 0 unspecified atom stereocenters. The van der Waals surface area contributed by atoms with Gasteiger partial charge in [0.15, 0.2) is 0 Å². The van der Waals surface area contributed by atoms with Crippen LogP contribution in [0, 0.1) is 18.8 Å². The molecule has 1 saturated heterocycles. The number of thiophene rings is 1. The second-order valence-corrected chi connectivity index (χ2v) is 9.63. The van der Waals surface area contributed by atoms with Gasteiger partial charge in [0.05, 0.1) is 34.3 Å². The van der Waals surface area contributed by atoms with Crippen LogP contribution in [0.5, 0.6) is 0 Å². The lowest BCUT2D eigenvalue weighted by atomic mass is 9.77. The Hall–Kier alpha value is -2.10. The molecule has 0 spiro atoms. The summed E-state index contributed by atoms with van der Waals surface area (Å²) in [6, 6.07) is -0.00554. The van der Waals surface area contributed by atoms with E-state index in [1.807, 2.05) is 25.0 Å². The SMILES string of the molecule is Cc1csc2c(N3C[C@H]4C[C@@H](n5cc(CN(C)C)nn5)[C@H](O)C[C@H]4C3)ncnc12. The molecule has 1 aliphatic heterocycles. The first-order valence-electron chi connectivity index (χ1n) is 10.2. The van der Waals surface area contributed by atoms with Gasteiger partial charge in [-0.25, -0.2) is 14.6 Å². The molecule has 0 aromatic carbocycles. The molecule has 3 aromatic rings. The molecule has 1 N–H and O–H groups in total. The number of aliphatic hydroxyl groups is 1. The van der Waals surface area contributed by atoms with Crippen molar-refractivity contribution in [3.05, 3.63) is 29.2 Å². The summed E-state index contributed by atoms with van der Waals surface area (Å²) in [4.78, 5) is 13.5. The first-order chi connectivity index (χ1) is 14.0. The highest BCUT2D eigenvalue weighted by atomic mass is 32.1. The van der Waals surface area contributed by atoms with Crippen molar-refractivity contribution in [2.24, 2.45) is 11.8 Å². The number of aromatic nitrogens is 5. The van der Waals surface area contributed by atoms with Gasteiger partial charge in [0.1, 0.15) is 12.1 Å². The fourth-order valence-electron chi connectivity index (χ4n) is 4.92. The summed E-state index contributed by atoms with van der Waals surface area (Å²) < 4.78 is 3.05. The van der Waals surface area contributed by atoms with Crippen molar-refractivity contribution in [3.8, 4) is 0 Å². The van der Waals surface area contributed by atoms with Crippen LogP contribution in [0.2, 0.25) is 0 Å². The Morgan fingerprint density at radius 1 is 1.21 bits per heavy atom. The predicted octanol–water partition coefficient (Wildman–Crippen LogP) is 2.10. The lowest BCUT2D eigenvalue weighted by molar-refractivity contribution is 0.0298. The quantitative estimate of drug-likeness (QED) is 0.701. The monoisotopic (exact) mass is 413 g/mol. The molecule has 154 valence electrons. The van der Waals surface area contributed by atoms with Crippen LogP contribution >= 0.6 is 11.3 Å². The van der Waals surface area contributed by atoms with Crippen LogP contribution in [0.3, 0.4) is 0 Å². The smallest absolute Gasteiger partial charge is 0.150 e. The van der Waals surface area contributed by atoms with Crippen molar-refractivity contribution >= 4 is 27.4 Å². The summed E-state index contributed by atoms with van der Waals surface area (Å²) in [5.74, 6) is 2.05. The zero-order chi connectivity index (χ0) is 20.1. The molecular weight excluding hydrogens is 386 g/mol. The highest BCUT2D eigenvalue weighted by Gasteiger charge is 2.43. The number of fused-ring (bicyclic) bond motifs is 2. The second kappa shape index (κ2) is 7.30. The van der Waals surface area contributed by atoms with Gasteiger partial charge in [0.2, 0.25) is 0 Å². The first-order valence-corrected chi connectivity index (χ1v) is 11.0. The maximum atomic E-state index is 10.9. The van der Waals surface area contributed by atoms with Gasteiger partial charge >= 0.3 is 0 Å². The van der Waals surface area contributed by atoms with Gasteiger partial charge in [-0.15, -0.1) is 16.4 Å². The highest BCUT2D eigenvalue weighted by Crippen LogP contribution is 2.43. The highest BCUT2D eigenvalue weighted by molar-refractivity contribution is 7.18. The lowest BCUT2D eigenvalue weighted by Gasteiger charge is -2.34. The number of hydrogen-bond acceptors (Lipinski definition) is 8. The van der Waals surface area contributed by atoms with Gasteiger partial charge in [-0.05, 0) is 56.6 Å². The normalized spacial score (nSPS) is 27.1. The van der Waals surface area contributed by atoms with E-state index >= 15 is 0 Å². The Balaban J connectivity index is 1.35. The number of hydrogen-bond donors (Lipinski definition) is 1. The van der Waals surface area contributed by atoms with Gasteiger partial charge in [-0.1, -0.05) is 5.21 Å². The third-order valence-electron chi connectivity index (χ3n) is 6.30. The number of aliphatic hydroxyl groups excluding tert-OH is 1. The van der Waals surface area contributed by atoms with Gasteiger partial charge < -0.3 is 14.9 Å². The number of anilines is 1. The molecule has 0 radical (unpaired) electrons. The zero-order valence-electron chi connectivity index (χ0n) is 17.1. The number of rotatable bonds is 4. The Labute approximate surface area is 174 Å². The predicted molar refractivity (Wildman–Crippen MR) is 113 cm³/mol. The van der Waals surface area contributed by atoms with Crippen LogP contribution in [0.4, 0.5) is 5.82 Å². The fraction of sp³-hybridized carbons (Fsp3) is 0.600. The van der Waals surface area contributed by atoms with Gasteiger partial charge in [0.25, 0.3) is 0 Å². The van der Waals surface area contributed by atoms with Gasteiger partial charge in [0, 0.05) is 19.6 Å². The van der Waals surface area contributed by atoms with Crippen molar-refractivity contribution in [3.63, 3.8) is 0 Å². The summed E-state index contributed by atoms with van der Waals surface area (Å²) in [7, 11) is 4.04. The minimum Gasteiger partial charge on any atom is -0.391 e. The van der Waals surface area contributed by atoms with Gasteiger partial charge in [-0.3, -0.25) is 0 Å². The molecule has 29 heavy (non-hydrogen) atoms. The second-order valence-electron chi connectivity index (χ2n) is 8.75. The number of nitrogens with zero attached hydrogens (tertiary/aromatic N) is 7. The molecule has 8 nitrogen and oxygen atoms in total. The van der Waals surface area contributed by atoms with Crippen molar-refractivity contribution in [1.82, 2.24) is 29.9 Å². The molecule has 9 heteroatoms. The fourth-order valence-corrected chi connectivity index (χ4v) is 5.94. The maximum absolute atomic E-state index is 10.9. The number of aryl methyl sites for hydroxylation is 1. The Morgan fingerprint density at radius 3 is 2.79 bits per heavy atom. The van der Waals surface area contributed by atoms with E-state index in [2.05, 4.69) is 42.4 Å². The Bertz CT molecular complexity index is 1020. The molecule has 1 aliphatic carbocycles. The average Bonchev–Trinajstić information content (AvgIpc) is 3.39.